The van der Waals surface area contributed by atoms with Gasteiger partial charge in [0.15, 0.2) is 5.96 Å². The summed E-state index contributed by atoms with van der Waals surface area (Å²) in [6.45, 7) is 8.71. The van der Waals surface area contributed by atoms with Crippen LogP contribution in [0.25, 0.3) is 0 Å². The molecule has 2 N–H and O–H groups in total. The van der Waals surface area contributed by atoms with Crippen molar-refractivity contribution in [3.63, 3.8) is 0 Å². The Morgan fingerprint density at radius 2 is 2.08 bits per heavy atom. The Kier molecular flexibility index (Phi) is 8.18. The Bertz CT molecular complexity index is 610. The van der Waals surface area contributed by atoms with Gasteiger partial charge in [0.25, 0.3) is 0 Å². The van der Waals surface area contributed by atoms with Gasteiger partial charge in [0.2, 0.25) is 10.0 Å². The second-order valence-electron chi connectivity index (χ2n) is 6.32. The molecule has 0 aliphatic heterocycles. The summed E-state index contributed by atoms with van der Waals surface area (Å²) in [4.78, 5) is 5.55. The van der Waals surface area contributed by atoms with Crippen molar-refractivity contribution in [3.05, 3.63) is 22.4 Å². The van der Waals surface area contributed by atoms with E-state index in [0.29, 0.717) is 19.6 Å². The van der Waals surface area contributed by atoms with Crippen LogP contribution >= 0.6 is 11.3 Å². The Morgan fingerprint density at radius 3 is 2.58 bits per heavy atom. The van der Waals surface area contributed by atoms with E-state index >= 15 is 0 Å². The second kappa shape index (κ2) is 9.39. The van der Waals surface area contributed by atoms with Crippen LogP contribution in [-0.2, 0) is 15.4 Å². The standard InChI is InChI=1S/C16H30N4O2S2/c1-6-20(24(5,21)22)11-8-10-18-15(17-4)19-13-16(2,3)14-9-7-12-23-14/h7,9,12H,6,8,10-11,13H2,1-5H3,(H2,17,18,19). The average molecular weight is 375 g/mol. The van der Waals surface area contributed by atoms with Gasteiger partial charge in [0, 0.05) is 43.5 Å². The maximum Gasteiger partial charge on any atom is 0.211 e. The summed E-state index contributed by atoms with van der Waals surface area (Å²) >= 11 is 1.76. The summed E-state index contributed by atoms with van der Waals surface area (Å²) in [5.74, 6) is 0.738. The molecule has 0 fully saturated rings. The topological polar surface area (TPSA) is 73.8 Å². The second-order valence-corrected chi connectivity index (χ2v) is 9.25. The maximum absolute atomic E-state index is 11.5. The van der Waals surface area contributed by atoms with Crippen LogP contribution < -0.4 is 10.6 Å². The largest absolute Gasteiger partial charge is 0.356 e. The molecule has 0 radical (unpaired) electrons. The van der Waals surface area contributed by atoms with Crippen LogP contribution in [0.4, 0.5) is 0 Å². The van der Waals surface area contributed by atoms with Crippen molar-refractivity contribution in [1.82, 2.24) is 14.9 Å². The molecular weight excluding hydrogens is 344 g/mol. The molecule has 0 aromatic carbocycles. The minimum Gasteiger partial charge on any atom is -0.356 e. The van der Waals surface area contributed by atoms with Crippen LogP contribution in [0.1, 0.15) is 32.1 Å². The predicted octanol–water partition coefficient (Wildman–Crippen LogP) is 1.86. The highest BCUT2D eigenvalue weighted by Crippen LogP contribution is 2.26. The molecule has 0 aliphatic carbocycles. The number of hydrogen-bond donors (Lipinski definition) is 2. The molecule has 6 nitrogen and oxygen atoms in total. The SMILES string of the molecule is CCN(CCCNC(=NC)NCC(C)(C)c1cccs1)S(C)(=O)=O. The summed E-state index contributed by atoms with van der Waals surface area (Å²) in [6.07, 6.45) is 1.98. The van der Waals surface area contributed by atoms with Crippen LogP contribution in [0.5, 0.6) is 0 Å². The minimum absolute atomic E-state index is 0.0289. The van der Waals surface area contributed by atoms with Gasteiger partial charge in [-0.15, -0.1) is 11.3 Å². The summed E-state index contributed by atoms with van der Waals surface area (Å²) in [5.41, 5.74) is 0.0289. The van der Waals surface area contributed by atoms with Gasteiger partial charge in [-0.3, -0.25) is 4.99 Å². The summed E-state index contributed by atoms with van der Waals surface area (Å²) in [7, 11) is -1.38. The number of thiophene rings is 1. The highest BCUT2D eigenvalue weighted by Gasteiger charge is 2.21. The zero-order valence-corrected chi connectivity index (χ0v) is 16.9. The molecule has 0 spiro atoms. The lowest BCUT2D eigenvalue weighted by atomic mass is 9.91. The molecule has 24 heavy (non-hydrogen) atoms. The molecule has 0 amide bonds. The summed E-state index contributed by atoms with van der Waals surface area (Å²) in [5, 5.41) is 8.67. The van der Waals surface area contributed by atoms with Gasteiger partial charge in [0.1, 0.15) is 0 Å². The van der Waals surface area contributed by atoms with Gasteiger partial charge in [-0.25, -0.2) is 12.7 Å². The Labute approximate surface area is 150 Å². The van der Waals surface area contributed by atoms with Gasteiger partial charge in [-0.1, -0.05) is 26.8 Å². The molecule has 0 saturated heterocycles. The first-order valence-corrected chi connectivity index (χ1v) is 10.9. The smallest absolute Gasteiger partial charge is 0.211 e. The lowest BCUT2D eigenvalue weighted by Crippen LogP contribution is -2.44. The molecule has 1 heterocycles. The summed E-state index contributed by atoms with van der Waals surface area (Å²) < 4.78 is 24.6. The Balaban J connectivity index is 2.38. The number of aliphatic imine (C=N–C) groups is 1. The molecule has 0 unspecified atom stereocenters. The van der Waals surface area contributed by atoms with Crippen molar-refractivity contribution < 1.29 is 8.42 Å². The van der Waals surface area contributed by atoms with Crippen LogP contribution in [0.3, 0.4) is 0 Å². The van der Waals surface area contributed by atoms with E-state index in [9.17, 15) is 8.42 Å². The molecule has 0 bridgehead atoms. The zero-order chi connectivity index (χ0) is 18.2. The third-order valence-corrected chi connectivity index (χ3v) is 6.42. The number of nitrogens with one attached hydrogen (secondary N) is 2. The number of hydrogen-bond acceptors (Lipinski definition) is 4. The van der Waals surface area contributed by atoms with Crippen LogP contribution in [0, 0.1) is 0 Å². The lowest BCUT2D eigenvalue weighted by Gasteiger charge is -2.25. The van der Waals surface area contributed by atoms with E-state index < -0.39 is 10.0 Å². The van der Waals surface area contributed by atoms with Crippen molar-refractivity contribution in [3.8, 4) is 0 Å². The fraction of sp³-hybridized carbons (Fsp3) is 0.688. The van der Waals surface area contributed by atoms with E-state index in [0.717, 1.165) is 18.9 Å². The number of sulfonamides is 1. The molecular formula is C16H30N4O2S2. The van der Waals surface area contributed by atoms with Crippen molar-refractivity contribution in [2.45, 2.75) is 32.6 Å². The first-order valence-electron chi connectivity index (χ1n) is 8.14. The average Bonchev–Trinajstić information content (AvgIpc) is 3.04. The van der Waals surface area contributed by atoms with Crippen molar-refractivity contribution >= 4 is 27.3 Å². The van der Waals surface area contributed by atoms with Crippen molar-refractivity contribution in [1.29, 1.82) is 0 Å². The maximum atomic E-state index is 11.5. The fourth-order valence-electron chi connectivity index (χ4n) is 2.30. The molecule has 1 rings (SSSR count). The van der Waals surface area contributed by atoms with Gasteiger partial charge in [0.05, 0.1) is 6.26 Å². The molecule has 138 valence electrons. The van der Waals surface area contributed by atoms with E-state index in [2.05, 4.69) is 47.0 Å². The van der Waals surface area contributed by atoms with Crippen molar-refractivity contribution in [2.75, 3.05) is 39.5 Å². The number of nitrogens with zero attached hydrogens (tertiary/aromatic N) is 2. The quantitative estimate of drug-likeness (QED) is 0.393. The first kappa shape index (κ1) is 20.9. The monoisotopic (exact) mass is 374 g/mol. The van der Waals surface area contributed by atoms with Crippen LogP contribution in [0.15, 0.2) is 22.5 Å². The van der Waals surface area contributed by atoms with E-state index in [1.165, 1.54) is 15.4 Å². The number of rotatable bonds is 9. The van der Waals surface area contributed by atoms with Crippen molar-refractivity contribution in [2.24, 2.45) is 4.99 Å². The zero-order valence-electron chi connectivity index (χ0n) is 15.3. The van der Waals surface area contributed by atoms with Gasteiger partial charge in [-0.05, 0) is 17.9 Å². The molecule has 8 heteroatoms. The van der Waals surface area contributed by atoms with E-state index in [1.54, 1.807) is 18.4 Å². The Hall–Kier alpha value is -1.12. The fourth-order valence-corrected chi connectivity index (χ4v) is 4.08. The summed E-state index contributed by atoms with van der Waals surface area (Å²) in [6, 6.07) is 4.21. The first-order chi connectivity index (χ1) is 11.2. The van der Waals surface area contributed by atoms with Gasteiger partial charge < -0.3 is 10.6 Å². The molecule has 0 atom stereocenters. The highest BCUT2D eigenvalue weighted by atomic mass is 32.2. The lowest BCUT2D eigenvalue weighted by molar-refractivity contribution is 0.423. The Morgan fingerprint density at radius 1 is 1.38 bits per heavy atom. The van der Waals surface area contributed by atoms with E-state index in [4.69, 9.17) is 0 Å². The molecule has 1 aromatic heterocycles. The highest BCUT2D eigenvalue weighted by molar-refractivity contribution is 7.88. The van der Waals surface area contributed by atoms with E-state index in [-0.39, 0.29) is 5.41 Å². The molecule has 0 aliphatic rings. The predicted molar refractivity (Wildman–Crippen MR) is 103 cm³/mol. The third kappa shape index (κ3) is 6.78. The van der Waals surface area contributed by atoms with E-state index in [1.807, 2.05) is 6.92 Å². The minimum atomic E-state index is -3.12. The normalized spacial score (nSPS) is 13.3. The van der Waals surface area contributed by atoms with Gasteiger partial charge in [-0.2, -0.15) is 0 Å². The molecule has 1 aromatic rings. The molecule has 0 saturated carbocycles. The van der Waals surface area contributed by atoms with Gasteiger partial charge >= 0.3 is 0 Å². The van der Waals surface area contributed by atoms with Crippen LogP contribution in [0.2, 0.25) is 0 Å². The van der Waals surface area contributed by atoms with Crippen LogP contribution in [-0.4, -0.2) is 58.2 Å². The number of guanidine groups is 1. The third-order valence-electron chi connectivity index (χ3n) is 3.81.